The summed E-state index contributed by atoms with van der Waals surface area (Å²) in [5.41, 5.74) is 1.74. The van der Waals surface area contributed by atoms with Crippen LogP contribution in [0.3, 0.4) is 0 Å². The molecule has 186 valence electrons. The molecule has 0 spiro atoms. The zero-order valence-electron chi connectivity index (χ0n) is 20.1. The highest BCUT2D eigenvalue weighted by atomic mass is 32.2. The molecule has 2 fully saturated rings. The van der Waals surface area contributed by atoms with Gasteiger partial charge in [-0.1, -0.05) is 49.3 Å². The number of fused-ring (bicyclic) bond motifs is 1. The molecule has 36 heavy (non-hydrogen) atoms. The number of aromatic nitrogens is 1. The van der Waals surface area contributed by atoms with Gasteiger partial charge >= 0.3 is 0 Å². The second kappa shape index (κ2) is 9.99. The topological polar surface area (TPSA) is 96.6 Å². The monoisotopic (exact) mass is 522 g/mol. The van der Waals surface area contributed by atoms with Crippen LogP contribution < -0.4 is 20.3 Å². The zero-order valence-corrected chi connectivity index (χ0v) is 21.8. The molecule has 8 nitrogen and oxygen atoms in total. The number of thiocarbonyl (C=S) groups is 1. The molecular weight excluding hydrogens is 496 g/mol. The maximum absolute atomic E-state index is 13.4. The second-order valence-electron chi connectivity index (χ2n) is 9.12. The highest BCUT2D eigenvalue weighted by Crippen LogP contribution is 2.39. The number of hydrogen-bond acceptors (Lipinski definition) is 8. The first-order chi connectivity index (χ1) is 17.4. The second-order valence-corrected chi connectivity index (χ2v) is 10.8. The van der Waals surface area contributed by atoms with Crippen molar-refractivity contribution in [2.24, 2.45) is 7.05 Å². The van der Waals surface area contributed by atoms with Crippen LogP contribution in [0.1, 0.15) is 54.4 Å². The van der Waals surface area contributed by atoms with Crippen molar-refractivity contribution < 1.29 is 14.3 Å². The Morgan fingerprint density at radius 1 is 1.22 bits per heavy atom. The van der Waals surface area contributed by atoms with Crippen molar-refractivity contribution >= 4 is 46.1 Å². The molecule has 10 heteroatoms. The largest absolute Gasteiger partial charge is 0.454 e. The van der Waals surface area contributed by atoms with Crippen molar-refractivity contribution in [3.8, 4) is 17.6 Å². The predicted octanol–water partition coefficient (Wildman–Crippen LogP) is 4.44. The van der Waals surface area contributed by atoms with Gasteiger partial charge in [0.15, 0.2) is 11.5 Å². The van der Waals surface area contributed by atoms with Crippen molar-refractivity contribution in [1.82, 2.24) is 9.47 Å². The summed E-state index contributed by atoms with van der Waals surface area (Å²) in [6, 6.07) is 7.82. The number of benzene rings is 1. The molecule has 1 aromatic carbocycles. The van der Waals surface area contributed by atoms with E-state index in [4.69, 9.17) is 21.7 Å². The number of thioether (sulfide) groups is 1. The molecular formula is C26H26N4O4S2. The molecule has 1 aliphatic carbocycles. The van der Waals surface area contributed by atoms with E-state index in [0.29, 0.717) is 44.2 Å². The van der Waals surface area contributed by atoms with E-state index >= 15 is 0 Å². The van der Waals surface area contributed by atoms with E-state index < -0.39 is 5.56 Å². The lowest BCUT2D eigenvalue weighted by molar-refractivity contribution is -0.124. The fourth-order valence-corrected chi connectivity index (χ4v) is 6.33. The molecule has 5 rings (SSSR count). The smallest absolute Gasteiger partial charge is 0.270 e. The Balaban J connectivity index is 1.50. The van der Waals surface area contributed by atoms with Crippen molar-refractivity contribution in [3.63, 3.8) is 0 Å². The van der Waals surface area contributed by atoms with Crippen molar-refractivity contribution in [2.45, 2.75) is 51.6 Å². The number of nitriles is 1. The summed E-state index contributed by atoms with van der Waals surface area (Å²) in [6.07, 6.45) is 7.06. The van der Waals surface area contributed by atoms with Gasteiger partial charge in [-0.2, -0.15) is 5.26 Å². The quantitative estimate of drug-likeness (QED) is 0.455. The molecule has 1 N–H and O–H groups in total. The van der Waals surface area contributed by atoms with E-state index in [-0.39, 0.29) is 24.3 Å². The first kappa shape index (κ1) is 24.4. The first-order valence-electron chi connectivity index (χ1n) is 11.9. The molecule has 1 amide bonds. The maximum Gasteiger partial charge on any atom is 0.270 e. The van der Waals surface area contributed by atoms with Crippen molar-refractivity contribution in [2.75, 3.05) is 12.1 Å². The highest BCUT2D eigenvalue weighted by molar-refractivity contribution is 8.26. The zero-order chi connectivity index (χ0) is 25.4. The molecule has 3 aliphatic rings. The molecule has 2 aromatic rings. The number of anilines is 1. The van der Waals surface area contributed by atoms with Gasteiger partial charge in [-0.15, -0.1) is 0 Å². The number of pyridine rings is 1. The lowest BCUT2D eigenvalue weighted by Gasteiger charge is -2.29. The fraction of sp³-hybridized carbons (Fsp3) is 0.385. The van der Waals surface area contributed by atoms with Crippen LogP contribution in [0.4, 0.5) is 5.82 Å². The summed E-state index contributed by atoms with van der Waals surface area (Å²) in [7, 11) is 1.62. The third-order valence-corrected chi connectivity index (χ3v) is 8.27. The summed E-state index contributed by atoms with van der Waals surface area (Å²) < 4.78 is 12.8. The van der Waals surface area contributed by atoms with Gasteiger partial charge in [0.05, 0.1) is 4.91 Å². The summed E-state index contributed by atoms with van der Waals surface area (Å²) in [4.78, 5) is 28.6. The summed E-state index contributed by atoms with van der Waals surface area (Å²) in [5.74, 6) is 1.79. The summed E-state index contributed by atoms with van der Waals surface area (Å²) >= 11 is 6.87. The Bertz CT molecular complexity index is 1390. The standard InChI is InChI=1S/C26H26N4O4S2/c1-15-18(11-22-25(32)30(26(35)36-22)17-6-4-3-5-7-17)23(29(2)24(31)19(15)12-27)28-13-16-8-9-20-21(10-16)34-14-33-20/h8-11,17,28H,3-7,13-14H2,1-2H3/b22-11+. The average molecular weight is 523 g/mol. The average Bonchev–Trinajstić information content (AvgIpc) is 3.46. The molecule has 1 aromatic heterocycles. The molecule has 2 aliphatic heterocycles. The normalized spacial score (nSPS) is 18.7. The van der Waals surface area contributed by atoms with Gasteiger partial charge in [0, 0.05) is 25.2 Å². The van der Waals surface area contributed by atoms with Crippen LogP contribution in [0.2, 0.25) is 0 Å². The van der Waals surface area contributed by atoms with Gasteiger partial charge in [-0.25, -0.2) is 0 Å². The van der Waals surface area contributed by atoms with E-state index in [0.717, 1.165) is 31.2 Å². The van der Waals surface area contributed by atoms with Crippen molar-refractivity contribution in [1.29, 1.82) is 5.26 Å². The lowest BCUT2D eigenvalue weighted by atomic mass is 9.94. The van der Waals surface area contributed by atoms with Crippen LogP contribution in [-0.2, 0) is 18.4 Å². The van der Waals surface area contributed by atoms with E-state index in [1.54, 1.807) is 24.9 Å². The number of carbonyl (C=O) groups excluding carboxylic acids is 1. The third kappa shape index (κ3) is 4.38. The molecule has 1 saturated heterocycles. The van der Waals surface area contributed by atoms with Gasteiger partial charge in [0.25, 0.3) is 11.5 Å². The molecule has 1 saturated carbocycles. The Hall–Kier alpha value is -3.29. The number of rotatable bonds is 5. The van der Waals surface area contributed by atoms with Crippen LogP contribution in [-0.4, -0.2) is 32.5 Å². The van der Waals surface area contributed by atoms with E-state index in [1.165, 1.54) is 22.7 Å². The minimum absolute atomic E-state index is 0.0557. The Kier molecular flexibility index (Phi) is 6.77. The van der Waals surface area contributed by atoms with Crippen molar-refractivity contribution in [3.05, 3.63) is 55.7 Å². The number of ether oxygens (including phenoxy) is 2. The number of amides is 1. The molecule has 0 unspecified atom stereocenters. The van der Waals surface area contributed by atoms with Crippen LogP contribution in [0.15, 0.2) is 27.9 Å². The third-order valence-electron chi connectivity index (χ3n) is 6.94. The summed E-state index contributed by atoms with van der Waals surface area (Å²) in [6.45, 7) is 2.33. The highest BCUT2D eigenvalue weighted by Gasteiger charge is 2.37. The van der Waals surface area contributed by atoms with E-state index in [1.807, 2.05) is 24.3 Å². The Morgan fingerprint density at radius 3 is 2.72 bits per heavy atom. The van der Waals surface area contributed by atoms with E-state index in [2.05, 4.69) is 5.32 Å². The van der Waals surface area contributed by atoms with Crippen LogP contribution in [0, 0.1) is 18.3 Å². The SMILES string of the molecule is Cc1c(/C=C2/SC(=S)N(C3CCCCC3)C2=O)c(NCc2ccc3c(c2)OCO3)n(C)c(=O)c1C#N. The molecule has 0 atom stereocenters. The Labute approximate surface area is 218 Å². The van der Waals surface area contributed by atoms with Gasteiger partial charge in [0.1, 0.15) is 21.8 Å². The summed E-state index contributed by atoms with van der Waals surface area (Å²) in [5, 5.41) is 13.0. The molecule has 0 bridgehead atoms. The van der Waals surface area contributed by atoms with Gasteiger partial charge in [-0.3, -0.25) is 19.1 Å². The Morgan fingerprint density at radius 2 is 1.97 bits per heavy atom. The number of nitrogens with zero attached hydrogens (tertiary/aromatic N) is 3. The first-order valence-corrected chi connectivity index (χ1v) is 13.1. The van der Waals surface area contributed by atoms with Gasteiger partial charge in [0.2, 0.25) is 6.79 Å². The fourth-order valence-electron chi connectivity index (χ4n) is 4.95. The minimum atomic E-state index is -0.393. The van der Waals surface area contributed by atoms with Crippen LogP contribution in [0.25, 0.3) is 6.08 Å². The number of nitrogens with one attached hydrogen (secondary N) is 1. The lowest BCUT2D eigenvalue weighted by Crippen LogP contribution is -2.39. The van der Waals surface area contributed by atoms with Crippen LogP contribution >= 0.6 is 24.0 Å². The number of hydrogen-bond donors (Lipinski definition) is 1. The van der Waals surface area contributed by atoms with Crippen LogP contribution in [0.5, 0.6) is 11.5 Å². The van der Waals surface area contributed by atoms with Gasteiger partial charge < -0.3 is 14.8 Å². The minimum Gasteiger partial charge on any atom is -0.454 e. The predicted molar refractivity (Wildman–Crippen MR) is 143 cm³/mol. The molecule has 3 heterocycles. The molecule has 0 radical (unpaired) electrons. The van der Waals surface area contributed by atoms with Gasteiger partial charge in [-0.05, 0) is 49.1 Å². The van der Waals surface area contributed by atoms with E-state index in [9.17, 15) is 14.9 Å². The number of carbonyl (C=O) groups is 1. The maximum atomic E-state index is 13.4.